The fraction of sp³-hybridized carbons (Fsp3) is 0.450. The van der Waals surface area contributed by atoms with Crippen LogP contribution in [0.25, 0.3) is 5.69 Å². The van der Waals surface area contributed by atoms with Crippen molar-refractivity contribution in [3.63, 3.8) is 0 Å². The lowest BCUT2D eigenvalue weighted by molar-refractivity contribution is -0.138. The number of hydrogen-bond acceptors (Lipinski definition) is 10. The highest BCUT2D eigenvalue weighted by Crippen LogP contribution is 2.30. The molecule has 33 heavy (non-hydrogen) atoms. The van der Waals surface area contributed by atoms with Crippen molar-refractivity contribution in [1.29, 1.82) is 0 Å². The summed E-state index contributed by atoms with van der Waals surface area (Å²) in [5.74, 6) is -0.293. The summed E-state index contributed by atoms with van der Waals surface area (Å²) in [6.07, 6.45) is 6.02. The number of nitrogens with zero attached hydrogens (tertiary/aromatic N) is 7. The number of hydrogen-bond donors (Lipinski definition) is 1. The molecular weight excluding hydrogens is 434 g/mol. The summed E-state index contributed by atoms with van der Waals surface area (Å²) >= 11 is 0. The Balaban J connectivity index is 1.19. The second kappa shape index (κ2) is 10.3. The molecule has 0 radical (unpaired) electrons. The lowest BCUT2D eigenvalue weighted by atomic mass is 10.2. The highest BCUT2D eigenvalue weighted by atomic mass is 16.5. The zero-order chi connectivity index (χ0) is 23.2. The summed E-state index contributed by atoms with van der Waals surface area (Å²) in [5.41, 5.74) is 0.887. The predicted octanol–water partition coefficient (Wildman–Crippen LogP) is 0.949. The zero-order valence-electron chi connectivity index (χ0n) is 18.0. The normalized spacial score (nSPS) is 15.8. The van der Waals surface area contributed by atoms with Gasteiger partial charge in [0, 0.05) is 19.7 Å². The number of aromatic carboxylic acids is 1. The topological polar surface area (TPSA) is 159 Å². The Morgan fingerprint density at radius 2 is 2.09 bits per heavy atom. The molecule has 4 heterocycles. The van der Waals surface area contributed by atoms with Crippen LogP contribution in [-0.2, 0) is 20.9 Å². The van der Waals surface area contributed by atoms with Crippen molar-refractivity contribution in [3.8, 4) is 5.69 Å². The molecule has 3 aromatic heterocycles. The average molecular weight is 457 g/mol. The number of ether oxygens (including phenoxy) is 2. The highest BCUT2D eigenvalue weighted by molar-refractivity contribution is 5.91. The molecule has 0 saturated carbocycles. The molecular formula is C20H23N7O6. The van der Waals surface area contributed by atoms with E-state index in [1.165, 1.54) is 23.1 Å². The molecule has 13 heteroatoms. The summed E-state index contributed by atoms with van der Waals surface area (Å²) in [6, 6.07) is 1.18. The minimum atomic E-state index is -1.08. The molecule has 1 atom stereocenters. The Kier molecular flexibility index (Phi) is 7.00. The number of rotatable bonds is 10. The SMILES string of the molecule is Cc1nnc([C@@H]2CCCN2C(=O)COCCOCc2cn(-c3cnccc3C(=O)O)nn2)o1. The molecule has 0 aliphatic carbocycles. The van der Waals surface area contributed by atoms with Gasteiger partial charge >= 0.3 is 5.97 Å². The van der Waals surface area contributed by atoms with Gasteiger partial charge in [-0.3, -0.25) is 9.78 Å². The third kappa shape index (κ3) is 5.38. The van der Waals surface area contributed by atoms with Crippen molar-refractivity contribution >= 4 is 11.9 Å². The largest absolute Gasteiger partial charge is 0.478 e. The van der Waals surface area contributed by atoms with E-state index in [4.69, 9.17) is 13.9 Å². The first-order valence-corrected chi connectivity index (χ1v) is 10.4. The minimum Gasteiger partial charge on any atom is -0.478 e. The Morgan fingerprint density at radius 3 is 2.88 bits per heavy atom. The number of carbonyl (C=O) groups is 2. The van der Waals surface area contributed by atoms with Gasteiger partial charge in [-0.1, -0.05) is 5.21 Å². The standard InChI is InChI=1S/C20H23N7O6/c1-13-22-24-19(33-13)16-3-2-6-26(16)18(28)12-32-8-7-31-11-14-10-27(25-23-14)17-9-21-5-4-15(17)20(29)30/h4-5,9-10,16H,2-3,6-8,11-12H2,1H3,(H,29,30)/t16-/m0/s1. The first-order chi connectivity index (χ1) is 16.0. The maximum atomic E-state index is 12.5. The molecule has 1 N–H and O–H groups in total. The van der Waals surface area contributed by atoms with Gasteiger partial charge in [-0.15, -0.1) is 15.3 Å². The molecule has 174 valence electrons. The molecule has 4 rings (SSSR count). The number of likely N-dealkylation sites (tertiary alicyclic amines) is 1. The van der Waals surface area contributed by atoms with Crippen LogP contribution in [0, 0.1) is 6.92 Å². The maximum Gasteiger partial charge on any atom is 0.338 e. The number of aryl methyl sites for hydroxylation is 1. The number of pyridine rings is 1. The molecule has 3 aromatic rings. The first kappa shape index (κ1) is 22.5. The van der Waals surface area contributed by atoms with Gasteiger partial charge < -0.3 is 23.9 Å². The molecule has 1 fully saturated rings. The summed E-state index contributed by atoms with van der Waals surface area (Å²) in [4.78, 5) is 29.5. The van der Waals surface area contributed by atoms with Gasteiger partial charge in [-0.05, 0) is 18.9 Å². The number of carbonyl (C=O) groups excluding carboxylic acids is 1. The minimum absolute atomic E-state index is 0.0647. The van der Waals surface area contributed by atoms with Gasteiger partial charge in [-0.2, -0.15) is 0 Å². The number of carboxylic acid groups (broad SMARTS) is 1. The van der Waals surface area contributed by atoms with Crippen LogP contribution < -0.4 is 0 Å². The van der Waals surface area contributed by atoms with Crippen molar-refractivity contribution in [2.45, 2.75) is 32.4 Å². The van der Waals surface area contributed by atoms with E-state index in [-0.39, 0.29) is 43.9 Å². The van der Waals surface area contributed by atoms with Crippen LogP contribution in [0.15, 0.2) is 29.1 Å². The monoisotopic (exact) mass is 457 g/mol. The second-order valence-electron chi connectivity index (χ2n) is 7.36. The summed E-state index contributed by atoms with van der Waals surface area (Å²) in [6.45, 7) is 2.91. The van der Waals surface area contributed by atoms with E-state index in [0.29, 0.717) is 29.7 Å². The van der Waals surface area contributed by atoms with Crippen LogP contribution in [-0.4, -0.2) is 78.4 Å². The van der Waals surface area contributed by atoms with E-state index in [2.05, 4.69) is 25.5 Å². The van der Waals surface area contributed by atoms with Gasteiger partial charge in [0.2, 0.25) is 17.7 Å². The third-order valence-electron chi connectivity index (χ3n) is 5.07. The lowest BCUT2D eigenvalue weighted by Crippen LogP contribution is -2.34. The Morgan fingerprint density at radius 1 is 1.24 bits per heavy atom. The highest BCUT2D eigenvalue weighted by Gasteiger charge is 2.33. The van der Waals surface area contributed by atoms with E-state index >= 15 is 0 Å². The average Bonchev–Trinajstić information content (AvgIpc) is 3.56. The first-order valence-electron chi connectivity index (χ1n) is 10.4. The summed E-state index contributed by atoms with van der Waals surface area (Å²) in [7, 11) is 0. The van der Waals surface area contributed by atoms with Gasteiger partial charge in [0.25, 0.3) is 0 Å². The van der Waals surface area contributed by atoms with E-state index in [1.54, 1.807) is 18.0 Å². The van der Waals surface area contributed by atoms with E-state index in [1.807, 2.05) is 0 Å². The van der Waals surface area contributed by atoms with Gasteiger partial charge in [0.15, 0.2) is 0 Å². The van der Waals surface area contributed by atoms with Crippen molar-refractivity contribution < 1.29 is 28.6 Å². The molecule has 1 saturated heterocycles. The van der Waals surface area contributed by atoms with Crippen LogP contribution in [0.2, 0.25) is 0 Å². The van der Waals surface area contributed by atoms with Crippen LogP contribution >= 0.6 is 0 Å². The fourth-order valence-corrected chi connectivity index (χ4v) is 3.54. The fourth-order valence-electron chi connectivity index (χ4n) is 3.54. The molecule has 0 unspecified atom stereocenters. The van der Waals surface area contributed by atoms with Gasteiger partial charge in [0.05, 0.1) is 43.5 Å². The third-order valence-corrected chi connectivity index (χ3v) is 5.07. The number of aromatic nitrogens is 6. The quantitative estimate of drug-likeness (QED) is 0.432. The number of amides is 1. The molecule has 0 spiro atoms. The Hall–Kier alpha value is -3.71. The lowest BCUT2D eigenvalue weighted by Gasteiger charge is -2.21. The van der Waals surface area contributed by atoms with Crippen molar-refractivity contribution in [2.24, 2.45) is 0 Å². The van der Waals surface area contributed by atoms with Crippen LogP contribution in [0.4, 0.5) is 0 Å². The molecule has 1 amide bonds. The molecule has 0 aromatic carbocycles. The number of carboxylic acids is 1. The van der Waals surface area contributed by atoms with Crippen molar-refractivity contribution in [3.05, 3.63) is 47.7 Å². The van der Waals surface area contributed by atoms with E-state index in [0.717, 1.165) is 12.8 Å². The molecule has 1 aliphatic heterocycles. The van der Waals surface area contributed by atoms with E-state index < -0.39 is 5.97 Å². The molecule has 13 nitrogen and oxygen atoms in total. The van der Waals surface area contributed by atoms with Crippen molar-refractivity contribution in [2.75, 3.05) is 26.4 Å². The van der Waals surface area contributed by atoms with Crippen LogP contribution in [0.3, 0.4) is 0 Å². The summed E-state index contributed by atoms with van der Waals surface area (Å²) < 4.78 is 17.8. The van der Waals surface area contributed by atoms with Crippen LogP contribution in [0.5, 0.6) is 0 Å². The zero-order valence-corrected chi connectivity index (χ0v) is 18.0. The smallest absolute Gasteiger partial charge is 0.338 e. The second-order valence-corrected chi connectivity index (χ2v) is 7.36. The van der Waals surface area contributed by atoms with Crippen LogP contribution in [0.1, 0.15) is 46.7 Å². The molecule has 0 bridgehead atoms. The van der Waals surface area contributed by atoms with Gasteiger partial charge in [-0.25, -0.2) is 9.48 Å². The molecule has 1 aliphatic rings. The summed E-state index contributed by atoms with van der Waals surface area (Å²) in [5, 5.41) is 25.0. The predicted molar refractivity (Wildman–Crippen MR) is 109 cm³/mol. The Labute approximate surface area is 188 Å². The van der Waals surface area contributed by atoms with E-state index in [9.17, 15) is 14.7 Å². The maximum absolute atomic E-state index is 12.5. The van der Waals surface area contributed by atoms with Gasteiger partial charge in [0.1, 0.15) is 18.3 Å². The van der Waals surface area contributed by atoms with Crippen molar-refractivity contribution in [1.82, 2.24) is 35.1 Å². The Bertz CT molecular complexity index is 1110.